The Kier molecular flexibility index (Phi) is 40.2. The second kappa shape index (κ2) is 45.2. The Morgan fingerprint density at radius 3 is 0.757 bits per heavy atom. The Morgan fingerprint density at radius 1 is 0.369 bits per heavy atom. The summed E-state index contributed by atoms with van der Waals surface area (Å²) < 4.78 is 17.0. The van der Waals surface area contributed by atoms with Crippen LogP contribution in [0.15, 0.2) is 146 Å². The number of nitrogens with two attached hydrogens (primary N) is 1. The van der Waals surface area contributed by atoms with E-state index in [1.54, 1.807) is 201 Å². The van der Waals surface area contributed by atoms with Crippen molar-refractivity contribution in [2.24, 2.45) is 32.8 Å². The molecule has 0 aliphatic carbocycles. The third kappa shape index (κ3) is 39.8. The van der Waals surface area contributed by atoms with Gasteiger partial charge in [0.1, 0.15) is 43.7 Å². The third-order valence-electron chi connectivity index (χ3n) is 16.0. The Balaban J connectivity index is 0.000000718. The van der Waals surface area contributed by atoms with Gasteiger partial charge >= 0.3 is 5.97 Å². The minimum absolute atomic E-state index is 0.0833. The Labute approximate surface area is 661 Å². The van der Waals surface area contributed by atoms with Crippen molar-refractivity contribution < 1.29 is 92.9 Å². The van der Waals surface area contributed by atoms with Crippen molar-refractivity contribution in [1.82, 2.24) is 10.6 Å². The number of halogens is 3. The quantitative estimate of drug-likeness (QED) is 0.0140. The van der Waals surface area contributed by atoms with E-state index >= 15 is 0 Å². The lowest BCUT2D eigenvalue weighted by molar-refractivity contribution is -0.760. The van der Waals surface area contributed by atoms with Gasteiger partial charge in [-0.15, -0.1) is 40.5 Å². The van der Waals surface area contributed by atoms with E-state index in [-0.39, 0.29) is 91.5 Å². The number of carbonyl (C=O) groups excluding carboxylic acids is 5. The number of carboxylic acids is 1. The van der Waals surface area contributed by atoms with Crippen LogP contribution in [0.1, 0.15) is 185 Å². The maximum absolute atomic E-state index is 12.6. The molecule has 0 atom stereocenters. The van der Waals surface area contributed by atoms with Crippen molar-refractivity contribution in [1.29, 1.82) is 0 Å². The summed E-state index contributed by atoms with van der Waals surface area (Å²) in [5, 5.41) is 61.6. The summed E-state index contributed by atoms with van der Waals surface area (Å²) >= 11 is 17.5. The van der Waals surface area contributed by atoms with Gasteiger partial charge in [-0.2, -0.15) is 0 Å². The van der Waals surface area contributed by atoms with Gasteiger partial charge in [-0.25, -0.2) is 4.79 Å². The van der Waals surface area contributed by atoms with Crippen LogP contribution in [0, 0.1) is 67.5 Å². The largest absolute Gasteiger partial charge is 0.478 e. The van der Waals surface area contributed by atoms with Crippen LogP contribution in [0.5, 0.6) is 17.2 Å². The lowest BCUT2D eigenvalue weighted by Crippen LogP contribution is -2.49. The van der Waals surface area contributed by atoms with E-state index in [4.69, 9.17) is 65.0 Å². The molecule has 30 nitrogen and oxygen atoms in total. The average molecular weight is 1610 g/mol. The molecule has 0 aliphatic heterocycles. The van der Waals surface area contributed by atoms with Crippen LogP contribution in [0.2, 0.25) is 15.1 Å². The molecule has 0 unspecified atom stereocenters. The first-order valence-corrected chi connectivity index (χ1v) is 35.8. The van der Waals surface area contributed by atoms with Gasteiger partial charge in [0.2, 0.25) is 0 Å². The zero-order valence-corrected chi connectivity index (χ0v) is 68.2. The molecule has 6 rings (SSSR count). The summed E-state index contributed by atoms with van der Waals surface area (Å²) in [6, 6.07) is 39.2. The van der Waals surface area contributed by atoms with Gasteiger partial charge in [0.25, 0.3) is 32.2 Å². The summed E-state index contributed by atoms with van der Waals surface area (Å²) in [5.74, 6) is -1.05. The molecule has 0 aliphatic rings. The Hall–Kier alpha value is -10.3. The summed E-state index contributed by atoms with van der Waals surface area (Å²) in [6.45, 7) is 32.9. The van der Waals surface area contributed by atoms with Crippen LogP contribution in [-0.4, -0.2) is 135 Å². The van der Waals surface area contributed by atoms with E-state index in [2.05, 4.69) is 30.0 Å². The first-order chi connectivity index (χ1) is 51.2. The number of nitrogens with zero attached hydrogens (tertiary/aromatic N) is 4. The number of hydrogen-bond donors (Lipinski definition) is 5. The zero-order valence-electron chi connectivity index (χ0n) is 65.9. The molecule has 0 saturated carbocycles. The lowest BCUT2D eigenvalue weighted by atomic mass is 9.92. The number of amides is 2. The summed E-state index contributed by atoms with van der Waals surface area (Å²) in [6.07, 6.45) is 1.75. The Morgan fingerprint density at radius 2 is 0.577 bits per heavy atom. The molecule has 0 bridgehead atoms. The van der Waals surface area contributed by atoms with Crippen molar-refractivity contribution in [2.45, 2.75) is 154 Å². The number of ketones is 3. The molecule has 0 aromatic heterocycles. The molecule has 610 valence electrons. The van der Waals surface area contributed by atoms with Gasteiger partial charge in [0.15, 0.2) is 34.2 Å². The fraction of sp³-hybridized carbons (Fsp3) is 0.462. The molecule has 0 saturated heterocycles. The first kappa shape index (κ1) is 98.7. The SMILES string of the molecule is CC(C)(CN)CO.CC(C)(CNC(=O)C(C)(C)Oc1ccc(C(=O)c2ccc(Cl)cc2)cc1)CO[N+](=O)[O-].CC(C)(CNC(=O)C(C)(C)Oc1ccc(C(=O)c2ccc(Cl)cc2)cc1)CO[N+](=O)[O-].CC(C)(Oc1ccc(C(=O)c2ccc(Cl)cc2)cc1)C(=O)O.CCC(C)(C)CO[N+](=O)[O-].CCC(C)(C)CO[N+](=O)[O-]. The topological polar surface area (TPSA) is 430 Å². The number of ether oxygens (including phenoxy) is 3. The van der Waals surface area contributed by atoms with Crippen LogP contribution in [-0.2, 0) is 33.7 Å². The zero-order chi connectivity index (χ0) is 85.1. The molecular weight excluding hydrogens is 1510 g/mol. The minimum atomic E-state index is -1.33. The maximum Gasteiger partial charge on any atom is 0.347 e. The number of nitrogens with one attached hydrogen (secondary N) is 2. The van der Waals surface area contributed by atoms with Gasteiger partial charge < -0.3 is 60.1 Å². The van der Waals surface area contributed by atoms with E-state index in [1.807, 2.05) is 55.4 Å². The average Bonchev–Trinajstić information content (AvgIpc) is 0.832. The van der Waals surface area contributed by atoms with Crippen LogP contribution < -0.4 is 30.6 Å². The van der Waals surface area contributed by atoms with E-state index < -0.39 is 53.9 Å². The highest BCUT2D eigenvalue weighted by atomic mass is 35.5. The molecule has 0 heterocycles. The predicted octanol–water partition coefficient (Wildman–Crippen LogP) is 15.2. The van der Waals surface area contributed by atoms with E-state index in [0.717, 1.165) is 12.8 Å². The number of carboxylic acid groups (broad SMARTS) is 1. The molecule has 6 aromatic rings. The summed E-state index contributed by atoms with van der Waals surface area (Å²) in [7, 11) is 0. The molecule has 2 amide bonds. The van der Waals surface area contributed by atoms with Gasteiger partial charge in [-0.3, -0.25) is 24.0 Å². The van der Waals surface area contributed by atoms with E-state index in [0.29, 0.717) is 72.2 Å². The van der Waals surface area contributed by atoms with Crippen LogP contribution in [0.4, 0.5) is 0 Å². The van der Waals surface area contributed by atoms with Crippen LogP contribution in [0.25, 0.3) is 0 Å². The van der Waals surface area contributed by atoms with Crippen molar-refractivity contribution in [3.05, 3.63) is 234 Å². The highest BCUT2D eigenvalue weighted by molar-refractivity contribution is 6.31. The van der Waals surface area contributed by atoms with Crippen molar-refractivity contribution in [2.75, 3.05) is 52.7 Å². The van der Waals surface area contributed by atoms with E-state index in [1.165, 1.54) is 13.8 Å². The van der Waals surface area contributed by atoms with Crippen LogP contribution >= 0.6 is 34.8 Å². The molecule has 0 fully saturated rings. The molecular formula is C78H104Cl3N7O23. The number of rotatable bonds is 35. The molecule has 0 radical (unpaired) electrons. The fourth-order valence-electron chi connectivity index (χ4n) is 7.69. The van der Waals surface area contributed by atoms with Crippen molar-refractivity contribution in [3.8, 4) is 17.2 Å². The van der Waals surface area contributed by atoms with Gasteiger partial charge in [-0.05, 0) is 217 Å². The summed E-state index contributed by atoms with van der Waals surface area (Å²) in [4.78, 5) is 131. The third-order valence-corrected chi connectivity index (χ3v) is 16.7. The number of aliphatic hydroxyl groups excluding tert-OH is 1. The number of hydrogen-bond acceptors (Lipinski definition) is 23. The van der Waals surface area contributed by atoms with Gasteiger partial charge in [0.05, 0.1) is 0 Å². The highest BCUT2D eigenvalue weighted by Crippen LogP contribution is 2.27. The second-order valence-electron chi connectivity index (χ2n) is 30.5. The predicted molar refractivity (Wildman–Crippen MR) is 419 cm³/mol. The smallest absolute Gasteiger partial charge is 0.347 e. The normalized spacial score (nSPS) is 11.4. The van der Waals surface area contributed by atoms with Gasteiger partial charge in [0, 0.05) is 84.4 Å². The number of carbonyl (C=O) groups is 6. The molecule has 111 heavy (non-hydrogen) atoms. The standard InChI is InChI=1S/2C22H25ClN2O6.C17H15ClO4.2C6H13NO3.C5H13NO/c2*1-21(2,14-30-25(28)29)13-24-20(27)22(3,4)31-18-11-7-16(8-12-18)19(26)15-5-9-17(23)10-6-15;1-17(2,16(20)21)22-14-9-5-12(6-10-14)15(19)11-3-7-13(18)8-4-11;2*1-4-6(2,3)5-10-7(8)9;1-5(2,3-6)4-7/h2*5-12H,13-14H2,1-4H3,(H,24,27);3-10H,1-2H3,(H,20,21);2*4-5H2,1-3H3;7H,3-4,6H2,1-2H3. The number of benzene rings is 6. The van der Waals surface area contributed by atoms with Crippen LogP contribution in [0.3, 0.4) is 0 Å². The highest BCUT2D eigenvalue weighted by Gasteiger charge is 2.34. The minimum Gasteiger partial charge on any atom is -0.478 e. The Bertz CT molecular complexity index is 3790. The fourth-order valence-corrected chi connectivity index (χ4v) is 8.07. The number of aliphatic carboxylic acids is 1. The monoisotopic (exact) mass is 1610 g/mol. The van der Waals surface area contributed by atoms with Crippen molar-refractivity contribution in [3.63, 3.8) is 0 Å². The lowest BCUT2D eigenvalue weighted by Gasteiger charge is -2.29. The second-order valence-corrected chi connectivity index (χ2v) is 31.8. The maximum atomic E-state index is 12.6. The molecule has 6 N–H and O–H groups in total. The summed E-state index contributed by atoms with van der Waals surface area (Å²) in [5.41, 5.74) is 2.98. The molecule has 33 heteroatoms. The molecule has 6 aromatic carbocycles. The molecule has 0 spiro atoms. The van der Waals surface area contributed by atoms with Gasteiger partial charge in [-0.1, -0.05) is 118 Å². The van der Waals surface area contributed by atoms with Crippen molar-refractivity contribution >= 4 is 69.9 Å². The first-order valence-electron chi connectivity index (χ1n) is 34.6. The number of aliphatic hydroxyl groups is 1. The van der Waals surface area contributed by atoms with E-state index in [9.17, 15) is 69.2 Å².